The number of hydrogen-bond acceptors (Lipinski definition) is 1. The van der Waals surface area contributed by atoms with Gasteiger partial charge in [-0.2, -0.15) is 0 Å². The van der Waals surface area contributed by atoms with Crippen molar-refractivity contribution >= 4 is 19.9 Å². The standard InChI is InChI=1S/C26H45B2O/c1-7-9-11-13-17-26(6,18-14-12-10-8-2)28-24(29)20-22-16-15-19-27-23(22)21-25(3,4)5/h15-16,19H,7-14,17-18,20-21H2,1-6H3. The van der Waals surface area contributed by atoms with Crippen LogP contribution in [0.5, 0.6) is 0 Å². The van der Waals surface area contributed by atoms with E-state index in [2.05, 4.69) is 73.8 Å². The van der Waals surface area contributed by atoms with Gasteiger partial charge in [0.1, 0.15) is 0 Å². The Kier molecular flexibility index (Phi) is 12.1. The molecule has 1 aromatic heterocycles. The van der Waals surface area contributed by atoms with Crippen molar-refractivity contribution in [1.29, 1.82) is 0 Å². The Bertz CT molecular complexity index is 577. The van der Waals surface area contributed by atoms with Crippen molar-refractivity contribution in [2.75, 3.05) is 0 Å². The molecule has 0 fully saturated rings. The van der Waals surface area contributed by atoms with E-state index in [0.717, 1.165) is 19.3 Å². The maximum absolute atomic E-state index is 13.1. The summed E-state index contributed by atoms with van der Waals surface area (Å²) in [6.45, 7) is 15.8. The molecule has 29 heavy (non-hydrogen) atoms. The quantitative estimate of drug-likeness (QED) is 0.222. The van der Waals surface area contributed by atoms with Gasteiger partial charge in [-0.3, -0.25) is 0 Å². The molecule has 0 unspecified atom stereocenters. The Hall–Kier alpha value is -0.850. The topological polar surface area (TPSA) is 17.1 Å². The van der Waals surface area contributed by atoms with Crippen LogP contribution in [0.25, 0.3) is 0 Å². The van der Waals surface area contributed by atoms with Crippen LogP contribution in [0.4, 0.5) is 0 Å². The molecular weight excluding hydrogens is 350 g/mol. The molecule has 1 aromatic rings. The van der Waals surface area contributed by atoms with Crippen LogP contribution in [0.3, 0.4) is 0 Å². The van der Waals surface area contributed by atoms with Gasteiger partial charge in [0.15, 0.2) is 0 Å². The molecule has 0 saturated carbocycles. The van der Waals surface area contributed by atoms with Gasteiger partial charge in [0.25, 0.3) is 0 Å². The zero-order chi connectivity index (χ0) is 21.8. The first kappa shape index (κ1) is 26.2. The third-order valence-corrected chi connectivity index (χ3v) is 5.92. The molecular formula is C26H45B2O. The second kappa shape index (κ2) is 13.5. The second-order valence-electron chi connectivity index (χ2n) is 10.6. The van der Waals surface area contributed by atoms with Crippen LogP contribution in [-0.2, 0) is 17.6 Å². The van der Waals surface area contributed by atoms with Gasteiger partial charge in [-0.25, -0.2) is 0 Å². The normalized spacial score (nSPS) is 12.1. The predicted octanol–water partition coefficient (Wildman–Crippen LogP) is 7.51. The molecule has 0 amide bonds. The van der Waals surface area contributed by atoms with Gasteiger partial charge in [0.2, 0.25) is 0 Å². The van der Waals surface area contributed by atoms with Gasteiger partial charge in [-0.15, -0.1) is 0 Å². The maximum atomic E-state index is 13.1. The van der Waals surface area contributed by atoms with Crippen LogP contribution in [0.15, 0.2) is 18.1 Å². The van der Waals surface area contributed by atoms with Crippen LogP contribution in [-0.4, -0.2) is 19.9 Å². The molecule has 0 spiro atoms. The fourth-order valence-electron chi connectivity index (χ4n) is 4.28. The molecule has 1 nitrogen and oxygen atoms in total. The number of carbonyl (C=O) groups is 1. The van der Waals surface area contributed by atoms with E-state index in [4.69, 9.17) is 0 Å². The minimum absolute atomic E-state index is 0.0531. The third kappa shape index (κ3) is 11.8. The van der Waals surface area contributed by atoms with Crippen molar-refractivity contribution < 1.29 is 4.79 Å². The van der Waals surface area contributed by atoms with Crippen LogP contribution >= 0.6 is 0 Å². The summed E-state index contributed by atoms with van der Waals surface area (Å²) in [5, 5.41) is 0.0531. The number of unbranched alkanes of at least 4 members (excludes halogenated alkanes) is 6. The number of rotatable bonds is 15. The van der Waals surface area contributed by atoms with Gasteiger partial charge in [0.05, 0.1) is 0 Å². The van der Waals surface area contributed by atoms with Crippen LogP contribution in [0.1, 0.15) is 117 Å². The summed E-state index contributed by atoms with van der Waals surface area (Å²) in [4.78, 5) is 13.1. The van der Waals surface area contributed by atoms with Crippen molar-refractivity contribution in [3.8, 4) is 0 Å². The summed E-state index contributed by atoms with van der Waals surface area (Å²) < 4.78 is 0. The molecule has 1 radical (unpaired) electrons. The van der Waals surface area contributed by atoms with Crippen molar-refractivity contribution in [2.45, 2.75) is 124 Å². The van der Waals surface area contributed by atoms with Gasteiger partial charge in [-0.05, 0) is 0 Å². The Morgan fingerprint density at radius 1 is 0.931 bits per heavy atom. The Balaban J connectivity index is 2.75. The molecule has 1 rings (SSSR count). The first-order valence-electron chi connectivity index (χ1n) is 12.1. The molecule has 0 aliphatic heterocycles. The van der Waals surface area contributed by atoms with Crippen molar-refractivity contribution in [3.63, 3.8) is 0 Å². The molecule has 0 atom stereocenters. The molecule has 0 N–H and O–H groups in total. The van der Waals surface area contributed by atoms with Crippen LogP contribution in [0.2, 0.25) is 5.31 Å². The monoisotopic (exact) mass is 395 g/mol. The van der Waals surface area contributed by atoms with E-state index in [1.807, 2.05) is 0 Å². The van der Waals surface area contributed by atoms with Gasteiger partial charge >= 0.3 is 183 Å². The molecule has 161 valence electrons. The van der Waals surface area contributed by atoms with E-state index in [9.17, 15) is 4.79 Å². The molecule has 0 saturated heterocycles. The average molecular weight is 395 g/mol. The van der Waals surface area contributed by atoms with Gasteiger partial charge < -0.3 is 0 Å². The fourth-order valence-corrected chi connectivity index (χ4v) is 4.28. The molecule has 0 aliphatic carbocycles. The number of hydrogen-bond donors (Lipinski definition) is 0. The summed E-state index contributed by atoms with van der Waals surface area (Å²) in [5.74, 6) is 2.10. The van der Waals surface area contributed by atoms with Crippen LogP contribution in [0, 0.1) is 5.41 Å². The summed E-state index contributed by atoms with van der Waals surface area (Å²) >= 11 is 0. The molecule has 3 heteroatoms. The van der Waals surface area contributed by atoms with Crippen LogP contribution < -0.4 is 0 Å². The number of carbonyl (C=O) groups excluding carboxylic acids is 1. The van der Waals surface area contributed by atoms with E-state index >= 15 is 0 Å². The van der Waals surface area contributed by atoms with Crippen molar-refractivity contribution in [3.05, 3.63) is 29.1 Å². The summed E-state index contributed by atoms with van der Waals surface area (Å²) in [5.41, 5.74) is 3.08. The summed E-state index contributed by atoms with van der Waals surface area (Å²) in [7, 11) is 2.10. The SMILES string of the molecule is CCCCCCC(C)([B]C(=O)Cc1cccbc1CC(C)(C)C)CCCCCC. The van der Waals surface area contributed by atoms with E-state index in [0.29, 0.717) is 12.1 Å². The first-order valence-corrected chi connectivity index (χ1v) is 12.1. The Labute approximate surface area is 183 Å². The Morgan fingerprint density at radius 2 is 1.52 bits per heavy atom. The summed E-state index contributed by atoms with van der Waals surface area (Å²) in [6, 6.07) is 4.22. The second-order valence-corrected chi connectivity index (χ2v) is 10.6. The molecule has 0 aromatic carbocycles. The van der Waals surface area contributed by atoms with Gasteiger partial charge in [0, 0.05) is 0 Å². The minimum atomic E-state index is 0.0531. The molecule has 1 heterocycles. The summed E-state index contributed by atoms with van der Waals surface area (Å²) in [6.07, 6.45) is 14.1. The first-order chi connectivity index (χ1) is 13.7. The zero-order valence-corrected chi connectivity index (χ0v) is 20.3. The van der Waals surface area contributed by atoms with E-state index in [1.54, 1.807) is 0 Å². The van der Waals surface area contributed by atoms with Gasteiger partial charge in [-0.1, -0.05) is 0 Å². The third-order valence-electron chi connectivity index (χ3n) is 5.92. The average Bonchev–Trinajstić information content (AvgIpc) is 2.63. The van der Waals surface area contributed by atoms with E-state index in [1.165, 1.54) is 62.4 Å². The predicted molar refractivity (Wildman–Crippen MR) is 131 cm³/mol. The van der Waals surface area contributed by atoms with E-state index in [-0.39, 0.29) is 10.7 Å². The van der Waals surface area contributed by atoms with Crippen molar-refractivity contribution in [1.82, 2.24) is 0 Å². The zero-order valence-electron chi connectivity index (χ0n) is 20.3. The molecule has 0 aliphatic rings. The fraction of sp³-hybridized carbons (Fsp3) is 0.769. The van der Waals surface area contributed by atoms with E-state index < -0.39 is 0 Å². The molecule has 0 bridgehead atoms. The van der Waals surface area contributed by atoms with Crippen molar-refractivity contribution in [2.24, 2.45) is 5.41 Å². The Morgan fingerprint density at radius 3 is 2.03 bits per heavy atom.